The van der Waals surface area contributed by atoms with E-state index < -0.39 is 34.9 Å². The van der Waals surface area contributed by atoms with Gasteiger partial charge in [0.15, 0.2) is 6.61 Å². The lowest BCUT2D eigenvalue weighted by atomic mass is 10.2. The predicted molar refractivity (Wildman–Crippen MR) is 100.0 cm³/mol. The van der Waals surface area contributed by atoms with E-state index in [9.17, 15) is 28.9 Å². The Morgan fingerprint density at radius 2 is 2.03 bits per heavy atom. The molecule has 2 aromatic rings. The smallest absolute Gasteiger partial charge is 0.338 e. The van der Waals surface area contributed by atoms with E-state index in [1.54, 1.807) is 17.0 Å². The number of anilines is 2. The number of rotatable bonds is 6. The number of esters is 1. The van der Waals surface area contributed by atoms with Gasteiger partial charge in [0.25, 0.3) is 5.91 Å². The highest BCUT2D eigenvalue weighted by Gasteiger charge is 2.22. The average molecular weight is 401 g/mol. The molecule has 0 spiro atoms. The Kier molecular flexibility index (Phi) is 5.82. The molecule has 1 saturated heterocycles. The third kappa shape index (κ3) is 4.72. The monoisotopic (exact) mass is 401 g/mol. The van der Waals surface area contributed by atoms with Gasteiger partial charge in [0.05, 0.1) is 10.5 Å². The fourth-order valence-electron chi connectivity index (χ4n) is 2.86. The SMILES string of the molecule is O=C(COC(=O)c1cccc(N2CCCC2=O)c1)Nc1ccc(F)c([N+](=O)[O-])c1. The van der Waals surface area contributed by atoms with Crippen LogP contribution in [0.15, 0.2) is 42.5 Å². The van der Waals surface area contributed by atoms with Crippen molar-refractivity contribution in [3.05, 3.63) is 64.0 Å². The quantitative estimate of drug-likeness (QED) is 0.452. The van der Waals surface area contributed by atoms with E-state index in [0.717, 1.165) is 24.6 Å². The molecule has 2 aromatic carbocycles. The van der Waals surface area contributed by atoms with Gasteiger partial charge in [-0.2, -0.15) is 4.39 Å². The Balaban J connectivity index is 1.59. The predicted octanol–water partition coefficient (Wildman–Crippen LogP) is 2.66. The van der Waals surface area contributed by atoms with Gasteiger partial charge in [-0.25, -0.2) is 4.79 Å². The van der Waals surface area contributed by atoms with E-state index in [1.807, 2.05) is 0 Å². The third-order valence-electron chi connectivity index (χ3n) is 4.23. The summed E-state index contributed by atoms with van der Waals surface area (Å²) >= 11 is 0. The molecule has 0 aromatic heterocycles. The first kappa shape index (κ1) is 19.9. The molecule has 1 aliphatic rings. The van der Waals surface area contributed by atoms with Gasteiger partial charge in [0.2, 0.25) is 11.7 Å². The number of nitrogens with one attached hydrogen (secondary N) is 1. The van der Waals surface area contributed by atoms with E-state index in [2.05, 4.69) is 5.32 Å². The largest absolute Gasteiger partial charge is 0.452 e. The summed E-state index contributed by atoms with van der Waals surface area (Å²) in [5.41, 5.74) is -0.0424. The van der Waals surface area contributed by atoms with Crippen LogP contribution in [0.3, 0.4) is 0 Å². The lowest BCUT2D eigenvalue weighted by Gasteiger charge is -2.16. The maximum atomic E-state index is 13.3. The normalized spacial score (nSPS) is 13.3. The second-order valence-electron chi connectivity index (χ2n) is 6.25. The molecule has 0 aliphatic carbocycles. The summed E-state index contributed by atoms with van der Waals surface area (Å²) in [7, 11) is 0. The minimum atomic E-state index is -1.03. The highest BCUT2D eigenvalue weighted by molar-refractivity contribution is 5.98. The number of nitrogens with zero attached hydrogens (tertiary/aromatic N) is 2. The molecule has 1 heterocycles. The summed E-state index contributed by atoms with van der Waals surface area (Å²) < 4.78 is 18.3. The second kappa shape index (κ2) is 8.46. The summed E-state index contributed by atoms with van der Waals surface area (Å²) in [5.74, 6) is -2.57. The highest BCUT2D eigenvalue weighted by atomic mass is 19.1. The van der Waals surface area contributed by atoms with Crippen LogP contribution in [0.2, 0.25) is 0 Å². The van der Waals surface area contributed by atoms with Crippen LogP contribution in [0.1, 0.15) is 23.2 Å². The fraction of sp³-hybridized carbons (Fsp3) is 0.211. The van der Waals surface area contributed by atoms with E-state index in [1.165, 1.54) is 12.1 Å². The molecule has 1 N–H and O–H groups in total. The van der Waals surface area contributed by atoms with Crippen LogP contribution >= 0.6 is 0 Å². The van der Waals surface area contributed by atoms with E-state index in [-0.39, 0.29) is 17.2 Å². The van der Waals surface area contributed by atoms with E-state index in [4.69, 9.17) is 4.74 Å². The zero-order chi connectivity index (χ0) is 21.0. The third-order valence-corrected chi connectivity index (χ3v) is 4.23. The summed E-state index contributed by atoms with van der Waals surface area (Å²) in [6.45, 7) is -0.0690. The maximum Gasteiger partial charge on any atom is 0.338 e. The van der Waals surface area contributed by atoms with Crippen LogP contribution in [-0.4, -0.2) is 35.9 Å². The molecule has 1 fully saturated rings. The van der Waals surface area contributed by atoms with Gasteiger partial charge < -0.3 is 15.0 Å². The van der Waals surface area contributed by atoms with Gasteiger partial charge in [-0.1, -0.05) is 6.07 Å². The maximum absolute atomic E-state index is 13.3. The first-order chi connectivity index (χ1) is 13.8. The van der Waals surface area contributed by atoms with Gasteiger partial charge in [-0.15, -0.1) is 0 Å². The molecule has 1 aliphatic heterocycles. The van der Waals surface area contributed by atoms with Crippen molar-refractivity contribution in [3.8, 4) is 0 Å². The number of benzene rings is 2. The van der Waals surface area contributed by atoms with E-state index >= 15 is 0 Å². The molecule has 0 radical (unpaired) electrons. The summed E-state index contributed by atoms with van der Waals surface area (Å²) in [6, 6.07) is 9.18. The first-order valence-electron chi connectivity index (χ1n) is 8.66. The molecule has 0 saturated carbocycles. The zero-order valence-electron chi connectivity index (χ0n) is 15.1. The van der Waals surface area contributed by atoms with Crippen molar-refractivity contribution in [2.75, 3.05) is 23.4 Å². The lowest BCUT2D eigenvalue weighted by Crippen LogP contribution is -2.24. The van der Waals surface area contributed by atoms with Crippen LogP contribution in [0, 0.1) is 15.9 Å². The molecular weight excluding hydrogens is 385 g/mol. The molecule has 0 bridgehead atoms. The Labute approximate surface area is 164 Å². The lowest BCUT2D eigenvalue weighted by molar-refractivity contribution is -0.387. The summed E-state index contributed by atoms with van der Waals surface area (Å²) in [6.07, 6.45) is 1.20. The number of hydrogen-bond acceptors (Lipinski definition) is 6. The highest BCUT2D eigenvalue weighted by Crippen LogP contribution is 2.23. The van der Waals surface area contributed by atoms with Crippen molar-refractivity contribution >= 4 is 34.8 Å². The van der Waals surface area contributed by atoms with Crippen molar-refractivity contribution in [2.24, 2.45) is 0 Å². The molecule has 0 atom stereocenters. The minimum absolute atomic E-state index is 0.00584. The Morgan fingerprint density at radius 1 is 1.24 bits per heavy atom. The topological polar surface area (TPSA) is 119 Å². The Morgan fingerprint density at radius 3 is 2.72 bits per heavy atom. The standard InChI is InChI=1S/C19H16FN3O6/c20-15-7-6-13(10-16(15)23(27)28)21-17(24)11-29-19(26)12-3-1-4-14(9-12)22-8-2-5-18(22)25/h1,3-4,6-7,9-10H,2,5,8,11H2,(H,21,24). The summed E-state index contributed by atoms with van der Waals surface area (Å²) in [4.78, 5) is 47.3. The number of nitro groups is 1. The van der Waals surface area contributed by atoms with E-state index in [0.29, 0.717) is 18.7 Å². The van der Waals surface area contributed by atoms with Gasteiger partial charge >= 0.3 is 11.7 Å². The van der Waals surface area contributed by atoms with Gasteiger partial charge in [0, 0.05) is 30.4 Å². The Hall–Kier alpha value is -3.82. The van der Waals surface area contributed by atoms with Crippen molar-refractivity contribution in [3.63, 3.8) is 0 Å². The first-order valence-corrected chi connectivity index (χ1v) is 8.66. The molecule has 150 valence electrons. The second-order valence-corrected chi connectivity index (χ2v) is 6.25. The van der Waals surface area contributed by atoms with Crippen LogP contribution in [0.25, 0.3) is 0 Å². The number of carbonyl (C=O) groups is 3. The van der Waals surface area contributed by atoms with Gasteiger partial charge in [-0.3, -0.25) is 19.7 Å². The minimum Gasteiger partial charge on any atom is -0.452 e. The number of ether oxygens (including phenoxy) is 1. The van der Waals surface area contributed by atoms with Crippen LogP contribution in [0.4, 0.5) is 21.5 Å². The number of nitro benzene ring substituents is 1. The van der Waals surface area contributed by atoms with Gasteiger partial charge in [0.1, 0.15) is 0 Å². The zero-order valence-corrected chi connectivity index (χ0v) is 15.1. The molecule has 10 heteroatoms. The fourth-order valence-corrected chi connectivity index (χ4v) is 2.86. The number of halogens is 1. The van der Waals surface area contributed by atoms with Crippen LogP contribution in [-0.2, 0) is 14.3 Å². The number of amides is 2. The van der Waals surface area contributed by atoms with Crippen molar-refractivity contribution in [1.82, 2.24) is 0 Å². The van der Waals surface area contributed by atoms with Crippen LogP contribution < -0.4 is 10.2 Å². The molecule has 29 heavy (non-hydrogen) atoms. The molecular formula is C19H16FN3O6. The molecule has 3 rings (SSSR count). The van der Waals surface area contributed by atoms with Crippen molar-refractivity contribution < 1.29 is 28.4 Å². The molecule has 2 amide bonds. The van der Waals surface area contributed by atoms with Crippen LogP contribution in [0.5, 0.6) is 0 Å². The Bertz CT molecular complexity index is 994. The number of hydrogen-bond donors (Lipinski definition) is 1. The summed E-state index contributed by atoms with van der Waals surface area (Å²) in [5, 5.41) is 13.0. The van der Waals surface area contributed by atoms with Gasteiger partial charge in [-0.05, 0) is 36.8 Å². The molecule has 0 unspecified atom stereocenters. The average Bonchev–Trinajstić information content (AvgIpc) is 3.13. The number of carbonyl (C=O) groups excluding carboxylic acids is 3. The van der Waals surface area contributed by atoms with Crippen molar-refractivity contribution in [1.29, 1.82) is 0 Å². The molecule has 9 nitrogen and oxygen atoms in total. The van der Waals surface area contributed by atoms with Crippen molar-refractivity contribution in [2.45, 2.75) is 12.8 Å².